The molecule has 0 aromatic heterocycles. The normalized spacial score (nSPS) is 14.4. The molecule has 0 spiro atoms. The molecule has 0 atom stereocenters. The predicted molar refractivity (Wildman–Crippen MR) is 129 cm³/mol. The number of nitrogens with zero attached hydrogens (tertiary/aromatic N) is 1. The van der Waals surface area contributed by atoms with E-state index in [0.29, 0.717) is 18.8 Å². The molecule has 1 saturated heterocycles. The maximum absolute atomic E-state index is 13.0. The van der Waals surface area contributed by atoms with Crippen LogP contribution in [0.4, 0.5) is 5.69 Å². The van der Waals surface area contributed by atoms with E-state index in [1.807, 2.05) is 0 Å². The van der Waals surface area contributed by atoms with Gasteiger partial charge >= 0.3 is 5.97 Å². The largest absolute Gasteiger partial charge is 0.496 e. The van der Waals surface area contributed by atoms with Crippen LogP contribution in [0.5, 0.6) is 5.75 Å². The second-order valence-corrected chi connectivity index (χ2v) is 9.88. The van der Waals surface area contributed by atoms with Crippen molar-refractivity contribution >= 4 is 33.5 Å². The zero-order valence-corrected chi connectivity index (χ0v) is 20.3. The fraction of sp³-hybridized carbons (Fsp3) is 0.375. The Morgan fingerprint density at radius 2 is 1.69 bits per heavy atom. The van der Waals surface area contributed by atoms with Gasteiger partial charge in [0, 0.05) is 18.8 Å². The third-order valence-electron chi connectivity index (χ3n) is 5.43. The second kappa shape index (κ2) is 12.3. The number of carbonyl (C=O) groups excluding carboxylic acids is 3. The van der Waals surface area contributed by atoms with Crippen molar-refractivity contribution in [2.24, 2.45) is 0 Å². The first-order chi connectivity index (χ1) is 16.8. The van der Waals surface area contributed by atoms with Crippen LogP contribution in [-0.4, -0.2) is 63.9 Å². The summed E-state index contributed by atoms with van der Waals surface area (Å²) in [7, 11) is -2.24. The lowest BCUT2D eigenvalue weighted by atomic mass is 10.2. The van der Waals surface area contributed by atoms with Gasteiger partial charge in [-0.2, -0.15) is 4.31 Å². The molecule has 10 nitrogen and oxygen atoms in total. The average molecular weight is 504 g/mol. The van der Waals surface area contributed by atoms with Crippen LogP contribution in [-0.2, 0) is 24.3 Å². The number of carbonyl (C=O) groups is 3. The molecule has 0 bridgehead atoms. The highest BCUT2D eigenvalue weighted by Crippen LogP contribution is 2.22. The summed E-state index contributed by atoms with van der Waals surface area (Å²) in [4.78, 5) is 36.5. The molecule has 1 fully saturated rings. The summed E-state index contributed by atoms with van der Waals surface area (Å²) in [6, 6.07) is 12.5. The van der Waals surface area contributed by atoms with Crippen molar-refractivity contribution in [3.05, 3.63) is 54.1 Å². The highest BCUT2D eigenvalue weighted by atomic mass is 32.2. The minimum absolute atomic E-state index is 0.0910. The van der Waals surface area contributed by atoms with E-state index in [1.165, 1.54) is 23.5 Å². The molecular weight excluding hydrogens is 474 g/mol. The quantitative estimate of drug-likeness (QED) is 0.502. The van der Waals surface area contributed by atoms with Gasteiger partial charge in [0.1, 0.15) is 12.3 Å². The number of methoxy groups -OCH3 is 1. The van der Waals surface area contributed by atoms with Crippen LogP contribution in [0.1, 0.15) is 36.0 Å². The number of hydrogen-bond acceptors (Lipinski definition) is 7. The molecule has 3 rings (SSSR count). The summed E-state index contributed by atoms with van der Waals surface area (Å²) in [5.41, 5.74) is 0.530. The highest BCUT2D eigenvalue weighted by molar-refractivity contribution is 7.89. The number of ether oxygens (including phenoxy) is 2. The maximum atomic E-state index is 13.0. The standard InChI is InChI=1S/C24H29N3O7S/c1-33-21-12-5-4-11-20(21)24(30)25-16-23(29)34-17-22(28)26-18-9-8-10-19(15-18)35(31,32)27-13-6-2-3-7-14-27/h4-5,8-12,15H,2-3,6-7,13-14,16-17H2,1H3,(H,25,30)(H,26,28). The van der Waals surface area contributed by atoms with Crippen LogP contribution in [0.25, 0.3) is 0 Å². The third-order valence-corrected chi connectivity index (χ3v) is 7.32. The molecule has 1 aliphatic heterocycles. The van der Waals surface area contributed by atoms with Crippen LogP contribution in [0, 0.1) is 0 Å². The van der Waals surface area contributed by atoms with E-state index in [4.69, 9.17) is 9.47 Å². The lowest BCUT2D eigenvalue weighted by molar-refractivity contribution is -0.146. The minimum Gasteiger partial charge on any atom is -0.496 e. The number of amides is 2. The number of hydrogen-bond donors (Lipinski definition) is 2. The van der Waals surface area contributed by atoms with Gasteiger partial charge in [-0.25, -0.2) is 8.42 Å². The van der Waals surface area contributed by atoms with Crippen molar-refractivity contribution < 1.29 is 32.3 Å². The zero-order valence-electron chi connectivity index (χ0n) is 19.5. The SMILES string of the molecule is COc1ccccc1C(=O)NCC(=O)OCC(=O)Nc1cccc(S(=O)(=O)N2CCCCCC2)c1. The van der Waals surface area contributed by atoms with Crippen molar-refractivity contribution in [1.29, 1.82) is 0 Å². The predicted octanol–water partition coefficient (Wildman–Crippen LogP) is 2.17. The molecule has 0 aliphatic carbocycles. The van der Waals surface area contributed by atoms with Gasteiger partial charge in [-0.1, -0.05) is 31.0 Å². The molecule has 0 radical (unpaired) electrons. The molecule has 1 aliphatic rings. The Kier molecular flexibility index (Phi) is 9.21. The molecule has 0 unspecified atom stereocenters. The highest BCUT2D eigenvalue weighted by Gasteiger charge is 2.25. The first-order valence-electron chi connectivity index (χ1n) is 11.3. The van der Waals surface area contributed by atoms with Gasteiger partial charge in [0.15, 0.2) is 6.61 Å². The second-order valence-electron chi connectivity index (χ2n) is 7.94. The van der Waals surface area contributed by atoms with Crippen LogP contribution in [0.2, 0.25) is 0 Å². The van der Waals surface area contributed by atoms with Gasteiger partial charge in [-0.15, -0.1) is 0 Å². The van der Waals surface area contributed by atoms with Gasteiger partial charge in [0.2, 0.25) is 10.0 Å². The van der Waals surface area contributed by atoms with Gasteiger partial charge in [-0.05, 0) is 43.2 Å². The molecule has 2 aromatic rings. The lowest BCUT2D eigenvalue weighted by Gasteiger charge is -2.20. The summed E-state index contributed by atoms with van der Waals surface area (Å²) in [6.07, 6.45) is 3.65. The van der Waals surface area contributed by atoms with E-state index in [0.717, 1.165) is 25.7 Å². The van der Waals surface area contributed by atoms with Crippen LogP contribution < -0.4 is 15.4 Å². The first kappa shape index (κ1) is 26.2. The summed E-state index contributed by atoms with van der Waals surface area (Å²) < 4.78 is 37.4. The molecule has 1 heterocycles. The summed E-state index contributed by atoms with van der Waals surface area (Å²) >= 11 is 0. The number of anilines is 1. The molecule has 11 heteroatoms. The number of para-hydroxylation sites is 1. The smallest absolute Gasteiger partial charge is 0.325 e. The van der Waals surface area contributed by atoms with E-state index >= 15 is 0 Å². The fourth-order valence-corrected chi connectivity index (χ4v) is 5.20. The van der Waals surface area contributed by atoms with E-state index in [1.54, 1.807) is 36.4 Å². The molecule has 0 saturated carbocycles. The van der Waals surface area contributed by atoms with Crippen molar-refractivity contribution in [1.82, 2.24) is 9.62 Å². The number of nitrogens with one attached hydrogen (secondary N) is 2. The average Bonchev–Trinajstić information content (AvgIpc) is 3.16. The summed E-state index contributed by atoms with van der Waals surface area (Å²) in [5.74, 6) is -1.61. The van der Waals surface area contributed by atoms with Gasteiger partial charge < -0.3 is 20.1 Å². The Bertz CT molecular complexity index is 1160. The number of rotatable bonds is 9. The third kappa shape index (κ3) is 7.27. The van der Waals surface area contributed by atoms with E-state index < -0.39 is 41.0 Å². The van der Waals surface area contributed by atoms with Gasteiger partial charge in [0.25, 0.3) is 11.8 Å². The molecule has 2 aromatic carbocycles. The Morgan fingerprint density at radius 3 is 2.40 bits per heavy atom. The Morgan fingerprint density at radius 1 is 0.971 bits per heavy atom. The number of benzene rings is 2. The van der Waals surface area contributed by atoms with Crippen LogP contribution in [0.3, 0.4) is 0 Å². The molecule has 188 valence electrons. The summed E-state index contributed by atoms with van der Waals surface area (Å²) in [5, 5.41) is 4.94. The van der Waals surface area contributed by atoms with Crippen molar-refractivity contribution in [3.8, 4) is 5.75 Å². The van der Waals surface area contributed by atoms with Crippen LogP contribution in [0.15, 0.2) is 53.4 Å². The topological polar surface area (TPSA) is 131 Å². The van der Waals surface area contributed by atoms with Crippen molar-refractivity contribution in [3.63, 3.8) is 0 Å². The Labute approximate surface area is 204 Å². The van der Waals surface area contributed by atoms with Crippen LogP contribution >= 0.6 is 0 Å². The molecule has 2 N–H and O–H groups in total. The van der Waals surface area contributed by atoms with Gasteiger partial charge in [-0.3, -0.25) is 14.4 Å². The van der Waals surface area contributed by atoms with Crippen molar-refractivity contribution in [2.75, 3.05) is 38.7 Å². The Balaban J connectivity index is 1.50. The molecular formula is C24H29N3O7S. The van der Waals surface area contributed by atoms with Crippen molar-refractivity contribution in [2.45, 2.75) is 30.6 Å². The first-order valence-corrected chi connectivity index (χ1v) is 12.7. The van der Waals surface area contributed by atoms with E-state index in [2.05, 4.69) is 10.6 Å². The maximum Gasteiger partial charge on any atom is 0.325 e. The summed E-state index contributed by atoms with van der Waals surface area (Å²) in [6.45, 7) is -0.0783. The zero-order chi connectivity index (χ0) is 25.3. The molecule has 2 amide bonds. The lowest BCUT2D eigenvalue weighted by Crippen LogP contribution is -2.32. The molecule has 35 heavy (non-hydrogen) atoms. The number of sulfonamides is 1. The fourth-order valence-electron chi connectivity index (χ4n) is 3.64. The number of esters is 1. The minimum atomic E-state index is -3.67. The van der Waals surface area contributed by atoms with E-state index in [9.17, 15) is 22.8 Å². The Hall–Kier alpha value is -3.44. The van der Waals surface area contributed by atoms with Gasteiger partial charge in [0.05, 0.1) is 17.6 Å². The van der Waals surface area contributed by atoms with E-state index in [-0.39, 0.29) is 16.1 Å². The monoisotopic (exact) mass is 503 g/mol.